The summed E-state index contributed by atoms with van der Waals surface area (Å²) in [6, 6.07) is 7.29. The quantitative estimate of drug-likeness (QED) is 0.376. The lowest BCUT2D eigenvalue weighted by molar-refractivity contribution is -0.384. The molecule has 3 rings (SSSR count). The van der Waals surface area contributed by atoms with Crippen molar-refractivity contribution in [3.05, 3.63) is 45.5 Å². The van der Waals surface area contributed by atoms with Crippen molar-refractivity contribution in [3.8, 4) is 11.5 Å². The van der Waals surface area contributed by atoms with Crippen molar-refractivity contribution in [1.82, 2.24) is 0 Å². The Morgan fingerprint density at radius 3 is 2.52 bits per heavy atom. The number of benzene rings is 2. The lowest BCUT2D eigenvalue weighted by atomic mass is 10.2. The van der Waals surface area contributed by atoms with Gasteiger partial charge in [-0.2, -0.15) is 0 Å². The lowest BCUT2D eigenvalue weighted by Gasteiger charge is -2.20. The number of rotatable bonds is 8. The third-order valence-corrected chi connectivity index (χ3v) is 4.30. The molecule has 0 saturated carbocycles. The number of nitro benzene ring substituents is 1. The van der Waals surface area contributed by atoms with E-state index in [-0.39, 0.29) is 25.4 Å². The second-order valence-electron chi connectivity index (χ2n) is 6.01. The van der Waals surface area contributed by atoms with Gasteiger partial charge < -0.3 is 30.5 Å². The van der Waals surface area contributed by atoms with Crippen LogP contribution in [0.4, 0.5) is 22.7 Å². The van der Waals surface area contributed by atoms with Crippen LogP contribution in [-0.4, -0.2) is 48.8 Å². The standard InChI is InChI=1S/C18H19ClN4O6/c19-12-8-16-17(29-6-5-28-16)9-14(12)22-18(25)10-21-15-7-11(23(26)27)1-2-13(15)20-3-4-24/h1-2,7-9,20-21,24H,3-6,10H2,(H,22,25). The van der Waals surface area contributed by atoms with Gasteiger partial charge in [0.05, 0.1) is 40.2 Å². The smallest absolute Gasteiger partial charge is 0.271 e. The van der Waals surface area contributed by atoms with E-state index in [2.05, 4.69) is 16.0 Å². The maximum atomic E-state index is 12.4. The van der Waals surface area contributed by atoms with Gasteiger partial charge >= 0.3 is 0 Å². The molecule has 0 atom stereocenters. The average Bonchev–Trinajstić information content (AvgIpc) is 2.71. The lowest BCUT2D eigenvalue weighted by Crippen LogP contribution is -2.23. The largest absolute Gasteiger partial charge is 0.486 e. The van der Waals surface area contributed by atoms with Crippen LogP contribution in [0.3, 0.4) is 0 Å². The van der Waals surface area contributed by atoms with E-state index in [9.17, 15) is 14.9 Å². The summed E-state index contributed by atoms with van der Waals surface area (Å²) in [4.78, 5) is 22.8. The van der Waals surface area contributed by atoms with Gasteiger partial charge in [0.15, 0.2) is 11.5 Å². The fourth-order valence-electron chi connectivity index (χ4n) is 2.67. The van der Waals surface area contributed by atoms with E-state index < -0.39 is 10.8 Å². The van der Waals surface area contributed by atoms with Crippen LogP contribution in [0.15, 0.2) is 30.3 Å². The van der Waals surface area contributed by atoms with Crippen LogP contribution in [0.2, 0.25) is 5.02 Å². The summed E-state index contributed by atoms with van der Waals surface area (Å²) in [5.41, 5.74) is 1.11. The Morgan fingerprint density at radius 2 is 1.83 bits per heavy atom. The summed E-state index contributed by atoms with van der Waals surface area (Å²) in [5.74, 6) is 0.579. The molecule has 11 heteroatoms. The molecule has 10 nitrogen and oxygen atoms in total. The van der Waals surface area contributed by atoms with Gasteiger partial charge in [0.25, 0.3) is 5.69 Å². The van der Waals surface area contributed by atoms with Crippen LogP contribution in [0.1, 0.15) is 0 Å². The summed E-state index contributed by atoms with van der Waals surface area (Å²) in [7, 11) is 0. The number of anilines is 3. The van der Waals surface area contributed by atoms with E-state index in [1.165, 1.54) is 18.2 Å². The molecule has 0 bridgehead atoms. The van der Waals surface area contributed by atoms with Crippen molar-refractivity contribution in [3.63, 3.8) is 0 Å². The summed E-state index contributed by atoms with van der Waals surface area (Å²) in [5, 5.41) is 28.7. The molecule has 0 aliphatic carbocycles. The van der Waals surface area contributed by atoms with Crippen LogP contribution in [0, 0.1) is 10.1 Å². The summed E-state index contributed by atoms with van der Waals surface area (Å²) in [6.07, 6.45) is 0. The molecule has 1 amide bonds. The zero-order valence-corrected chi connectivity index (χ0v) is 16.0. The number of non-ortho nitro benzene ring substituents is 1. The SMILES string of the molecule is O=C(CNc1cc([N+](=O)[O-])ccc1NCCO)Nc1cc2c(cc1Cl)OCCO2. The molecule has 2 aromatic rings. The number of halogens is 1. The summed E-state index contributed by atoms with van der Waals surface area (Å²) in [6.45, 7) is 0.805. The Bertz CT molecular complexity index is 923. The van der Waals surface area contributed by atoms with E-state index in [4.69, 9.17) is 26.2 Å². The van der Waals surface area contributed by atoms with Crippen LogP contribution in [0.25, 0.3) is 0 Å². The first kappa shape index (κ1) is 20.5. The number of nitrogens with zero attached hydrogens (tertiary/aromatic N) is 1. The van der Waals surface area contributed by atoms with Gasteiger partial charge in [-0.25, -0.2) is 0 Å². The average molecular weight is 423 g/mol. The molecule has 0 aromatic heterocycles. The highest BCUT2D eigenvalue weighted by molar-refractivity contribution is 6.34. The van der Waals surface area contributed by atoms with Gasteiger partial charge in [0.2, 0.25) is 5.91 Å². The monoisotopic (exact) mass is 422 g/mol. The van der Waals surface area contributed by atoms with Crippen molar-refractivity contribution in [2.45, 2.75) is 0 Å². The number of carbonyl (C=O) groups excluding carboxylic acids is 1. The number of hydrogen-bond donors (Lipinski definition) is 4. The molecular weight excluding hydrogens is 404 g/mol. The Kier molecular flexibility index (Phi) is 6.57. The molecule has 1 heterocycles. The first-order valence-corrected chi connectivity index (χ1v) is 9.12. The Balaban J connectivity index is 1.69. The number of aliphatic hydroxyl groups is 1. The molecule has 2 aromatic carbocycles. The minimum absolute atomic E-state index is 0.112. The maximum Gasteiger partial charge on any atom is 0.271 e. The molecule has 1 aliphatic rings. The number of aliphatic hydroxyl groups excluding tert-OH is 1. The number of ether oxygens (including phenoxy) is 2. The Hall–Kier alpha value is -3.24. The topological polar surface area (TPSA) is 135 Å². The Morgan fingerprint density at radius 1 is 1.10 bits per heavy atom. The van der Waals surface area contributed by atoms with E-state index >= 15 is 0 Å². The van der Waals surface area contributed by atoms with Crippen LogP contribution < -0.4 is 25.4 Å². The molecule has 0 saturated heterocycles. The minimum atomic E-state index is -0.532. The number of hydrogen-bond acceptors (Lipinski definition) is 8. The first-order valence-electron chi connectivity index (χ1n) is 8.74. The van der Waals surface area contributed by atoms with Gasteiger partial charge in [0.1, 0.15) is 13.2 Å². The third-order valence-electron chi connectivity index (χ3n) is 3.99. The second kappa shape index (κ2) is 9.30. The fraction of sp³-hybridized carbons (Fsp3) is 0.278. The van der Waals surface area contributed by atoms with Gasteiger partial charge in [0, 0.05) is 30.8 Å². The zero-order valence-electron chi connectivity index (χ0n) is 15.2. The van der Waals surface area contributed by atoms with E-state index in [0.29, 0.717) is 46.8 Å². The summed E-state index contributed by atoms with van der Waals surface area (Å²) >= 11 is 6.18. The first-order chi connectivity index (χ1) is 14.0. The second-order valence-corrected chi connectivity index (χ2v) is 6.42. The molecule has 0 unspecified atom stereocenters. The third kappa shape index (κ3) is 5.18. The molecule has 0 fully saturated rings. The Labute approximate surface area is 170 Å². The summed E-state index contributed by atoms with van der Waals surface area (Å²) < 4.78 is 10.9. The molecule has 0 spiro atoms. The molecule has 29 heavy (non-hydrogen) atoms. The van der Waals surface area contributed by atoms with Crippen LogP contribution in [0.5, 0.6) is 11.5 Å². The zero-order chi connectivity index (χ0) is 20.8. The molecule has 154 valence electrons. The van der Waals surface area contributed by atoms with Crippen molar-refractivity contribution >= 4 is 40.3 Å². The van der Waals surface area contributed by atoms with Gasteiger partial charge in [-0.1, -0.05) is 11.6 Å². The number of carbonyl (C=O) groups is 1. The van der Waals surface area contributed by atoms with Gasteiger partial charge in [-0.15, -0.1) is 0 Å². The van der Waals surface area contributed by atoms with Crippen molar-refractivity contribution in [2.75, 3.05) is 48.9 Å². The van der Waals surface area contributed by atoms with E-state index in [0.717, 1.165) is 0 Å². The number of amides is 1. The van der Waals surface area contributed by atoms with Crippen molar-refractivity contribution < 1.29 is 24.3 Å². The van der Waals surface area contributed by atoms with Gasteiger partial charge in [-0.05, 0) is 6.07 Å². The number of nitro groups is 1. The highest BCUT2D eigenvalue weighted by Crippen LogP contribution is 2.38. The van der Waals surface area contributed by atoms with E-state index in [1.807, 2.05) is 0 Å². The van der Waals surface area contributed by atoms with Crippen LogP contribution >= 0.6 is 11.6 Å². The van der Waals surface area contributed by atoms with Crippen molar-refractivity contribution in [1.29, 1.82) is 0 Å². The van der Waals surface area contributed by atoms with Crippen molar-refractivity contribution in [2.24, 2.45) is 0 Å². The van der Waals surface area contributed by atoms with E-state index in [1.54, 1.807) is 12.1 Å². The predicted molar refractivity (Wildman–Crippen MR) is 108 cm³/mol. The number of nitrogens with one attached hydrogen (secondary N) is 3. The predicted octanol–water partition coefficient (Wildman–Crippen LogP) is 2.47. The fourth-order valence-corrected chi connectivity index (χ4v) is 2.87. The minimum Gasteiger partial charge on any atom is -0.486 e. The maximum absolute atomic E-state index is 12.4. The molecular formula is C18H19ClN4O6. The number of fused-ring (bicyclic) bond motifs is 1. The molecule has 1 aliphatic heterocycles. The molecule has 0 radical (unpaired) electrons. The van der Waals surface area contributed by atoms with Crippen LogP contribution in [-0.2, 0) is 4.79 Å². The normalized spacial score (nSPS) is 12.2. The highest BCUT2D eigenvalue weighted by Gasteiger charge is 2.17. The highest BCUT2D eigenvalue weighted by atomic mass is 35.5. The molecule has 4 N–H and O–H groups in total. The van der Waals surface area contributed by atoms with Gasteiger partial charge in [-0.3, -0.25) is 14.9 Å².